The van der Waals surface area contributed by atoms with E-state index in [-0.39, 0.29) is 22.0 Å². The molecule has 0 aliphatic rings. The van der Waals surface area contributed by atoms with Gasteiger partial charge < -0.3 is 5.32 Å². The third-order valence-electron chi connectivity index (χ3n) is 3.35. The Bertz CT molecular complexity index is 869. The van der Waals surface area contributed by atoms with Crippen LogP contribution in [0.5, 0.6) is 0 Å². The number of rotatable bonds is 5. The number of amides is 1. The van der Waals surface area contributed by atoms with Gasteiger partial charge in [-0.25, -0.2) is 17.1 Å². The zero-order chi connectivity index (χ0) is 17.9. The number of nitrogens with zero attached hydrogens (tertiary/aromatic N) is 1. The van der Waals surface area contributed by atoms with Gasteiger partial charge in [0, 0.05) is 25.7 Å². The van der Waals surface area contributed by atoms with Crippen LogP contribution in [0.3, 0.4) is 0 Å². The highest BCUT2D eigenvalue weighted by Gasteiger charge is 2.21. The minimum Gasteiger partial charge on any atom is -0.348 e. The Balaban J connectivity index is 2.23. The Morgan fingerprint density at radius 3 is 2.50 bits per heavy atom. The van der Waals surface area contributed by atoms with Crippen LogP contribution in [0.4, 0.5) is 4.39 Å². The van der Waals surface area contributed by atoms with E-state index in [2.05, 4.69) is 5.32 Å². The predicted octanol–water partition coefficient (Wildman–Crippen LogP) is 2.66. The van der Waals surface area contributed by atoms with Crippen molar-refractivity contribution in [2.45, 2.75) is 11.4 Å². The fraction of sp³-hybridized carbons (Fsp3) is 0.188. The minimum atomic E-state index is -3.64. The van der Waals surface area contributed by atoms with Gasteiger partial charge in [-0.3, -0.25) is 4.79 Å². The second-order valence-electron chi connectivity index (χ2n) is 5.20. The van der Waals surface area contributed by atoms with Gasteiger partial charge in [-0.1, -0.05) is 29.8 Å². The monoisotopic (exact) mass is 370 g/mol. The Hall–Kier alpha value is -1.96. The van der Waals surface area contributed by atoms with E-state index in [0.29, 0.717) is 5.56 Å². The van der Waals surface area contributed by atoms with E-state index in [1.54, 1.807) is 18.2 Å². The smallest absolute Gasteiger partial charge is 0.254 e. The van der Waals surface area contributed by atoms with Crippen LogP contribution in [-0.2, 0) is 16.6 Å². The molecule has 24 heavy (non-hydrogen) atoms. The molecule has 0 atom stereocenters. The SMILES string of the molecule is CN(C)S(=O)(=O)c1ccccc1CNC(=O)c1ccc(Cl)cc1F. The van der Waals surface area contributed by atoms with Crippen LogP contribution >= 0.6 is 11.6 Å². The minimum absolute atomic E-state index is 0.0514. The summed E-state index contributed by atoms with van der Waals surface area (Å²) in [6.07, 6.45) is 0. The summed E-state index contributed by atoms with van der Waals surface area (Å²) in [5.41, 5.74) is 0.251. The summed E-state index contributed by atoms with van der Waals surface area (Å²) >= 11 is 5.65. The maximum atomic E-state index is 13.8. The topological polar surface area (TPSA) is 66.5 Å². The molecule has 0 radical (unpaired) electrons. The average Bonchev–Trinajstić information content (AvgIpc) is 2.52. The zero-order valence-corrected chi connectivity index (χ0v) is 14.7. The van der Waals surface area contributed by atoms with Crippen LogP contribution in [0, 0.1) is 5.82 Å². The van der Waals surface area contributed by atoms with E-state index in [1.807, 2.05) is 0 Å². The highest BCUT2D eigenvalue weighted by Crippen LogP contribution is 2.19. The van der Waals surface area contributed by atoms with Crippen molar-refractivity contribution in [3.63, 3.8) is 0 Å². The number of halogens is 2. The molecule has 0 spiro atoms. The maximum absolute atomic E-state index is 13.8. The van der Waals surface area contributed by atoms with Crippen molar-refractivity contribution in [1.82, 2.24) is 9.62 Å². The molecule has 0 heterocycles. The van der Waals surface area contributed by atoms with Gasteiger partial charge in [0.15, 0.2) is 0 Å². The van der Waals surface area contributed by atoms with Gasteiger partial charge >= 0.3 is 0 Å². The van der Waals surface area contributed by atoms with Crippen LogP contribution < -0.4 is 5.32 Å². The summed E-state index contributed by atoms with van der Waals surface area (Å²) in [4.78, 5) is 12.2. The summed E-state index contributed by atoms with van der Waals surface area (Å²) in [5, 5.41) is 2.71. The number of benzene rings is 2. The molecule has 1 N–H and O–H groups in total. The fourth-order valence-electron chi connectivity index (χ4n) is 2.04. The van der Waals surface area contributed by atoms with Crippen molar-refractivity contribution in [3.8, 4) is 0 Å². The number of carbonyl (C=O) groups excluding carboxylic acids is 1. The Morgan fingerprint density at radius 2 is 1.88 bits per heavy atom. The van der Waals surface area contributed by atoms with Crippen molar-refractivity contribution in [2.24, 2.45) is 0 Å². The van der Waals surface area contributed by atoms with E-state index in [0.717, 1.165) is 10.4 Å². The van der Waals surface area contributed by atoms with Gasteiger partial charge in [-0.2, -0.15) is 0 Å². The third-order valence-corrected chi connectivity index (χ3v) is 5.50. The molecular formula is C16H16ClFN2O3S. The summed E-state index contributed by atoms with van der Waals surface area (Å²) in [5.74, 6) is -1.39. The molecule has 0 aromatic heterocycles. The molecule has 0 unspecified atom stereocenters. The highest BCUT2D eigenvalue weighted by molar-refractivity contribution is 7.89. The normalized spacial score (nSPS) is 11.5. The summed E-state index contributed by atoms with van der Waals surface area (Å²) in [6.45, 7) is -0.0514. The Kier molecular flexibility index (Phi) is 5.58. The second kappa shape index (κ2) is 7.29. The standard InChI is InChI=1S/C16H16ClFN2O3S/c1-20(2)24(22,23)15-6-4-3-5-11(15)10-19-16(21)13-8-7-12(17)9-14(13)18/h3-9H,10H2,1-2H3,(H,19,21). The van der Waals surface area contributed by atoms with E-state index < -0.39 is 21.7 Å². The average molecular weight is 371 g/mol. The highest BCUT2D eigenvalue weighted by atomic mass is 35.5. The van der Waals surface area contributed by atoms with E-state index >= 15 is 0 Å². The first-order valence-electron chi connectivity index (χ1n) is 6.97. The molecule has 128 valence electrons. The lowest BCUT2D eigenvalue weighted by Gasteiger charge is -2.15. The van der Waals surface area contributed by atoms with E-state index in [1.165, 1.54) is 32.3 Å². The number of hydrogen-bond donors (Lipinski definition) is 1. The number of sulfonamides is 1. The molecular weight excluding hydrogens is 355 g/mol. The summed E-state index contributed by atoms with van der Waals surface area (Å²) < 4.78 is 39.4. The van der Waals surface area contributed by atoms with Gasteiger partial charge in [0.2, 0.25) is 10.0 Å². The molecule has 0 aliphatic carbocycles. The van der Waals surface area contributed by atoms with Gasteiger partial charge in [-0.05, 0) is 29.8 Å². The lowest BCUT2D eigenvalue weighted by molar-refractivity contribution is 0.0946. The zero-order valence-electron chi connectivity index (χ0n) is 13.1. The van der Waals surface area contributed by atoms with E-state index in [9.17, 15) is 17.6 Å². The first-order chi connectivity index (χ1) is 11.2. The maximum Gasteiger partial charge on any atom is 0.254 e. The van der Waals surface area contributed by atoms with Crippen molar-refractivity contribution in [3.05, 3.63) is 64.4 Å². The summed E-state index contributed by atoms with van der Waals surface area (Å²) in [7, 11) is -0.795. The van der Waals surface area contributed by atoms with Crippen LogP contribution in [0.2, 0.25) is 5.02 Å². The lowest BCUT2D eigenvalue weighted by atomic mass is 10.2. The third kappa shape index (κ3) is 3.92. The van der Waals surface area contributed by atoms with Crippen molar-refractivity contribution in [1.29, 1.82) is 0 Å². The molecule has 2 aromatic rings. The molecule has 8 heteroatoms. The van der Waals surface area contributed by atoms with Gasteiger partial charge in [0.1, 0.15) is 5.82 Å². The molecule has 2 rings (SSSR count). The van der Waals surface area contributed by atoms with Crippen LogP contribution in [-0.4, -0.2) is 32.7 Å². The van der Waals surface area contributed by atoms with Crippen LogP contribution in [0.15, 0.2) is 47.4 Å². The molecule has 1 amide bonds. The molecule has 0 aliphatic heterocycles. The first kappa shape index (κ1) is 18.4. The molecule has 0 bridgehead atoms. The quantitative estimate of drug-likeness (QED) is 0.879. The molecule has 5 nitrogen and oxygen atoms in total. The molecule has 0 saturated carbocycles. The number of hydrogen-bond acceptors (Lipinski definition) is 3. The molecule has 0 saturated heterocycles. The summed E-state index contributed by atoms with van der Waals surface area (Å²) in [6, 6.07) is 10.0. The second-order valence-corrected chi connectivity index (χ2v) is 7.76. The number of nitrogens with one attached hydrogen (secondary N) is 1. The fourth-order valence-corrected chi connectivity index (χ4v) is 3.32. The van der Waals surface area contributed by atoms with Gasteiger partial charge in [0.05, 0.1) is 10.5 Å². The largest absolute Gasteiger partial charge is 0.348 e. The lowest BCUT2D eigenvalue weighted by Crippen LogP contribution is -2.27. The number of carbonyl (C=O) groups is 1. The van der Waals surface area contributed by atoms with Gasteiger partial charge in [0.25, 0.3) is 5.91 Å². The van der Waals surface area contributed by atoms with Crippen LogP contribution in [0.1, 0.15) is 15.9 Å². The van der Waals surface area contributed by atoms with E-state index in [4.69, 9.17) is 11.6 Å². The predicted molar refractivity (Wildman–Crippen MR) is 89.9 cm³/mol. The van der Waals surface area contributed by atoms with Crippen molar-refractivity contribution >= 4 is 27.5 Å². The Morgan fingerprint density at radius 1 is 1.21 bits per heavy atom. The Labute approximate surface area is 145 Å². The molecule has 2 aromatic carbocycles. The van der Waals surface area contributed by atoms with Crippen molar-refractivity contribution in [2.75, 3.05) is 14.1 Å². The van der Waals surface area contributed by atoms with Crippen molar-refractivity contribution < 1.29 is 17.6 Å². The first-order valence-corrected chi connectivity index (χ1v) is 8.79. The van der Waals surface area contributed by atoms with Crippen LogP contribution in [0.25, 0.3) is 0 Å². The molecule has 0 fully saturated rings. The van der Waals surface area contributed by atoms with Gasteiger partial charge in [-0.15, -0.1) is 0 Å².